The van der Waals surface area contributed by atoms with Gasteiger partial charge in [-0.05, 0) is 12.1 Å². The number of carbonyl (C=O) groups excluding carboxylic acids is 1. The Labute approximate surface area is 131 Å². The number of ether oxygens (including phenoxy) is 1. The van der Waals surface area contributed by atoms with Crippen LogP contribution in [0.3, 0.4) is 0 Å². The molecule has 1 aromatic rings. The molecule has 0 saturated carbocycles. The Hall–Kier alpha value is -1.33. The molecule has 0 radical (unpaired) electrons. The van der Waals surface area contributed by atoms with E-state index in [4.69, 9.17) is 4.74 Å². The Bertz CT molecular complexity index is 714. The standard InChI is InChI=1S/C16H16BrNO3/c1-18-7-10-11(17)6-12(21-2)15(20)14(10)16(8-18)4-3-9(19)5-13(16)18/h3-4,6,13H,5,7-8H2,1-2H3/p+1. The minimum absolute atomic E-state index is 0.185. The van der Waals surface area contributed by atoms with Gasteiger partial charge in [0.15, 0.2) is 17.3 Å². The molecule has 1 N–H and O–H groups in total. The van der Waals surface area contributed by atoms with Crippen LogP contribution in [0.2, 0.25) is 0 Å². The third-order valence-corrected chi connectivity index (χ3v) is 6.16. The van der Waals surface area contributed by atoms with Crippen LogP contribution in [-0.2, 0) is 16.8 Å². The highest BCUT2D eigenvalue weighted by Gasteiger charge is 2.68. The van der Waals surface area contributed by atoms with Crippen LogP contribution in [0.4, 0.5) is 0 Å². The summed E-state index contributed by atoms with van der Waals surface area (Å²) in [6, 6.07) is 2.06. The second-order valence-electron chi connectivity index (χ2n) is 6.62. The van der Waals surface area contributed by atoms with Gasteiger partial charge in [-0.25, -0.2) is 0 Å². The summed E-state index contributed by atoms with van der Waals surface area (Å²) in [4.78, 5) is 11.8. The SMILES string of the molecule is COc1cc(Br)c2c(c1O)C13C=CC(=O)CC1[N+](C)(C2)C3. The van der Waals surface area contributed by atoms with E-state index in [1.807, 2.05) is 12.1 Å². The van der Waals surface area contributed by atoms with Crippen LogP contribution in [0.1, 0.15) is 17.5 Å². The van der Waals surface area contributed by atoms with Crippen LogP contribution in [-0.4, -0.2) is 42.1 Å². The zero-order valence-corrected chi connectivity index (χ0v) is 13.6. The molecular formula is C16H17BrNO3+. The number of rotatable bonds is 1. The summed E-state index contributed by atoms with van der Waals surface area (Å²) < 4.78 is 7.14. The van der Waals surface area contributed by atoms with Crippen molar-refractivity contribution in [3.05, 3.63) is 33.8 Å². The molecule has 0 amide bonds. The van der Waals surface area contributed by atoms with Crippen LogP contribution >= 0.6 is 15.9 Å². The van der Waals surface area contributed by atoms with E-state index in [1.165, 1.54) is 0 Å². The lowest BCUT2D eigenvalue weighted by Crippen LogP contribution is -2.79. The maximum atomic E-state index is 11.8. The van der Waals surface area contributed by atoms with Gasteiger partial charge in [-0.15, -0.1) is 0 Å². The molecule has 3 atom stereocenters. The number of methoxy groups -OCH3 is 1. The fraction of sp³-hybridized carbons (Fsp3) is 0.438. The van der Waals surface area contributed by atoms with Crippen LogP contribution in [0.5, 0.6) is 11.5 Å². The fourth-order valence-corrected chi connectivity index (χ4v) is 5.18. The van der Waals surface area contributed by atoms with Crippen molar-refractivity contribution in [2.24, 2.45) is 0 Å². The van der Waals surface area contributed by atoms with Crippen molar-refractivity contribution in [3.8, 4) is 11.5 Å². The van der Waals surface area contributed by atoms with E-state index in [0.717, 1.165) is 33.2 Å². The number of likely N-dealkylation sites (N-methyl/N-ethyl adjacent to an activating group) is 1. The first kappa shape index (κ1) is 13.3. The highest BCUT2D eigenvalue weighted by molar-refractivity contribution is 9.10. The smallest absolute Gasteiger partial charge is 0.162 e. The molecule has 21 heavy (non-hydrogen) atoms. The normalized spacial score (nSPS) is 35.8. The molecule has 4 nitrogen and oxygen atoms in total. The molecule has 2 heterocycles. The Balaban J connectivity index is 2.02. The number of phenolic OH excluding ortho intramolecular Hbond substituents is 1. The predicted octanol–water partition coefficient (Wildman–Crippen LogP) is 2.27. The molecule has 1 aliphatic carbocycles. The molecule has 110 valence electrons. The van der Waals surface area contributed by atoms with Gasteiger partial charge in [-0.3, -0.25) is 4.79 Å². The summed E-state index contributed by atoms with van der Waals surface area (Å²) in [5, 5.41) is 10.7. The number of ketones is 1. The van der Waals surface area contributed by atoms with Gasteiger partial charge in [-0.1, -0.05) is 22.0 Å². The molecule has 2 aliphatic heterocycles. The molecule has 4 rings (SSSR count). The summed E-state index contributed by atoms with van der Waals surface area (Å²) in [6.45, 7) is 1.77. The molecular weight excluding hydrogens is 334 g/mol. The summed E-state index contributed by atoms with van der Waals surface area (Å²) in [5.74, 6) is 0.900. The van der Waals surface area contributed by atoms with Gasteiger partial charge in [-0.2, -0.15) is 0 Å². The van der Waals surface area contributed by atoms with Crippen LogP contribution in [0.25, 0.3) is 0 Å². The van der Waals surface area contributed by atoms with E-state index < -0.39 is 0 Å². The zero-order chi connectivity index (χ0) is 15.0. The molecule has 1 aromatic carbocycles. The summed E-state index contributed by atoms with van der Waals surface area (Å²) >= 11 is 3.61. The van der Waals surface area contributed by atoms with Gasteiger partial charge in [0.1, 0.15) is 18.0 Å². The molecule has 3 aliphatic rings. The topological polar surface area (TPSA) is 46.5 Å². The average molecular weight is 351 g/mol. The largest absolute Gasteiger partial charge is 0.504 e. The van der Waals surface area contributed by atoms with Crippen molar-refractivity contribution < 1.29 is 19.1 Å². The van der Waals surface area contributed by atoms with Gasteiger partial charge >= 0.3 is 0 Å². The van der Waals surface area contributed by atoms with Crippen molar-refractivity contribution in [3.63, 3.8) is 0 Å². The number of hydrogen-bond acceptors (Lipinski definition) is 3. The second-order valence-corrected chi connectivity index (χ2v) is 7.47. The maximum absolute atomic E-state index is 11.8. The lowest BCUT2D eigenvalue weighted by molar-refractivity contribution is -0.999. The number of hydrogen-bond donors (Lipinski definition) is 1. The number of nitrogens with zero attached hydrogens (tertiary/aromatic N) is 1. The van der Waals surface area contributed by atoms with Crippen molar-refractivity contribution in [1.29, 1.82) is 0 Å². The Morgan fingerprint density at radius 1 is 1.52 bits per heavy atom. The number of halogens is 1. The Morgan fingerprint density at radius 2 is 2.29 bits per heavy atom. The Kier molecular flexibility index (Phi) is 2.48. The number of carbonyl (C=O) groups is 1. The lowest BCUT2D eigenvalue weighted by atomic mass is 9.57. The minimum Gasteiger partial charge on any atom is -0.504 e. The zero-order valence-electron chi connectivity index (χ0n) is 12.0. The van der Waals surface area contributed by atoms with Crippen LogP contribution < -0.4 is 4.74 Å². The van der Waals surface area contributed by atoms with Crippen molar-refractivity contribution in [1.82, 2.24) is 0 Å². The molecule has 1 saturated heterocycles. The molecule has 0 spiro atoms. The highest BCUT2D eigenvalue weighted by Crippen LogP contribution is 2.60. The second kappa shape index (κ2) is 3.90. The van der Waals surface area contributed by atoms with E-state index in [-0.39, 0.29) is 23.0 Å². The van der Waals surface area contributed by atoms with E-state index in [1.54, 1.807) is 13.2 Å². The van der Waals surface area contributed by atoms with Crippen LogP contribution in [0.15, 0.2) is 22.7 Å². The van der Waals surface area contributed by atoms with Crippen molar-refractivity contribution >= 4 is 21.7 Å². The van der Waals surface area contributed by atoms with E-state index in [2.05, 4.69) is 23.0 Å². The first-order chi connectivity index (χ1) is 9.91. The molecule has 3 unspecified atom stereocenters. The first-order valence-corrected chi connectivity index (χ1v) is 7.86. The number of quaternary nitrogens is 1. The number of phenols is 1. The first-order valence-electron chi connectivity index (χ1n) is 7.06. The van der Waals surface area contributed by atoms with Crippen molar-refractivity contribution in [2.45, 2.75) is 24.4 Å². The van der Waals surface area contributed by atoms with E-state index >= 15 is 0 Å². The van der Waals surface area contributed by atoms with E-state index in [0.29, 0.717) is 12.2 Å². The average Bonchev–Trinajstić information content (AvgIpc) is 2.44. The van der Waals surface area contributed by atoms with Gasteiger partial charge in [0.2, 0.25) is 0 Å². The molecule has 5 heteroatoms. The quantitative estimate of drug-likeness (QED) is 0.790. The van der Waals surface area contributed by atoms with Crippen LogP contribution in [0, 0.1) is 0 Å². The minimum atomic E-state index is -0.225. The van der Waals surface area contributed by atoms with E-state index in [9.17, 15) is 9.90 Å². The fourth-order valence-electron chi connectivity index (χ4n) is 4.65. The molecule has 0 aromatic heterocycles. The highest BCUT2D eigenvalue weighted by atomic mass is 79.9. The third-order valence-electron chi connectivity index (χ3n) is 5.45. The van der Waals surface area contributed by atoms with Crippen molar-refractivity contribution in [2.75, 3.05) is 20.7 Å². The lowest BCUT2D eigenvalue weighted by Gasteiger charge is -2.65. The number of allylic oxidation sites excluding steroid dienone is 1. The van der Waals surface area contributed by atoms with Gasteiger partial charge in [0.25, 0.3) is 0 Å². The monoisotopic (exact) mass is 350 g/mol. The third kappa shape index (κ3) is 1.46. The summed E-state index contributed by atoms with van der Waals surface area (Å²) in [7, 11) is 3.76. The molecule has 1 fully saturated rings. The summed E-state index contributed by atoms with van der Waals surface area (Å²) in [5.41, 5.74) is 1.86. The van der Waals surface area contributed by atoms with Gasteiger partial charge in [0.05, 0.1) is 27.1 Å². The number of aromatic hydroxyl groups is 1. The predicted molar refractivity (Wildman–Crippen MR) is 81.3 cm³/mol. The Morgan fingerprint density at radius 3 is 3.00 bits per heavy atom. The number of benzene rings is 1. The summed E-state index contributed by atoms with van der Waals surface area (Å²) in [6.07, 6.45) is 4.25. The number of fused-ring (bicyclic) bond motifs is 1. The van der Waals surface area contributed by atoms with Gasteiger partial charge < -0.3 is 14.3 Å². The maximum Gasteiger partial charge on any atom is 0.162 e. The molecule has 2 bridgehead atoms. The van der Waals surface area contributed by atoms with Gasteiger partial charge in [0, 0.05) is 15.6 Å².